The van der Waals surface area contributed by atoms with Crippen molar-refractivity contribution >= 4 is 11.5 Å². The van der Waals surface area contributed by atoms with Crippen LogP contribution < -0.4 is 4.90 Å². The van der Waals surface area contributed by atoms with Gasteiger partial charge >= 0.3 is 0 Å². The van der Waals surface area contributed by atoms with Crippen molar-refractivity contribution in [2.45, 2.75) is 20.3 Å². The molecule has 3 aromatic rings. The predicted molar refractivity (Wildman–Crippen MR) is 91.4 cm³/mol. The van der Waals surface area contributed by atoms with Gasteiger partial charge in [-0.15, -0.1) is 15.3 Å². The molecule has 1 fully saturated rings. The molecule has 1 saturated heterocycles. The second kappa shape index (κ2) is 5.65. The van der Waals surface area contributed by atoms with Crippen molar-refractivity contribution in [2.75, 3.05) is 18.0 Å². The molecule has 4 rings (SSSR count). The summed E-state index contributed by atoms with van der Waals surface area (Å²) in [4.78, 5) is 2.38. The quantitative estimate of drug-likeness (QED) is 0.729. The molecular formula is C18H21N5. The average Bonchev–Trinajstić information content (AvgIpc) is 2.98. The third-order valence-electron chi connectivity index (χ3n) is 4.47. The molecule has 3 heterocycles. The Morgan fingerprint density at radius 3 is 2.39 bits per heavy atom. The van der Waals surface area contributed by atoms with E-state index in [0.717, 1.165) is 35.9 Å². The van der Waals surface area contributed by atoms with Crippen molar-refractivity contribution in [3.8, 4) is 11.4 Å². The lowest BCUT2D eigenvalue weighted by Crippen LogP contribution is -2.39. The molecule has 2 aromatic heterocycles. The topological polar surface area (TPSA) is 46.3 Å². The Balaban J connectivity index is 1.75. The minimum Gasteiger partial charge on any atom is -0.355 e. The zero-order valence-electron chi connectivity index (χ0n) is 13.6. The number of anilines is 1. The first-order valence-corrected chi connectivity index (χ1v) is 8.23. The van der Waals surface area contributed by atoms with Crippen LogP contribution in [0.3, 0.4) is 0 Å². The van der Waals surface area contributed by atoms with Crippen molar-refractivity contribution < 1.29 is 0 Å². The monoisotopic (exact) mass is 307 g/mol. The number of aromatic nitrogens is 4. The van der Waals surface area contributed by atoms with Crippen LogP contribution in [0, 0.1) is 11.8 Å². The number of hydrogen-bond donors (Lipinski definition) is 0. The molecule has 23 heavy (non-hydrogen) atoms. The maximum atomic E-state index is 4.82. The van der Waals surface area contributed by atoms with Crippen LogP contribution in [0.15, 0.2) is 42.5 Å². The Morgan fingerprint density at radius 2 is 1.65 bits per heavy atom. The van der Waals surface area contributed by atoms with Crippen LogP contribution in [-0.4, -0.2) is 32.9 Å². The number of hydrogen-bond acceptors (Lipinski definition) is 4. The van der Waals surface area contributed by atoms with Crippen molar-refractivity contribution in [3.63, 3.8) is 0 Å². The van der Waals surface area contributed by atoms with E-state index in [9.17, 15) is 0 Å². The summed E-state index contributed by atoms with van der Waals surface area (Å²) in [5, 5.41) is 13.4. The highest BCUT2D eigenvalue weighted by molar-refractivity contribution is 5.59. The third kappa shape index (κ3) is 2.67. The van der Waals surface area contributed by atoms with E-state index in [2.05, 4.69) is 35.0 Å². The van der Waals surface area contributed by atoms with Crippen molar-refractivity contribution in [3.05, 3.63) is 42.5 Å². The molecule has 0 radical (unpaired) electrons. The standard InChI is InChI=1S/C18H21N5/c1-13-10-14(2)12-22(11-13)17-9-8-16-19-20-18(23(16)21-17)15-6-4-3-5-7-15/h3-9,13-14H,10-12H2,1-2H3/t13-,14+. The number of benzene rings is 1. The highest BCUT2D eigenvalue weighted by Gasteiger charge is 2.23. The van der Waals surface area contributed by atoms with Gasteiger partial charge in [0.15, 0.2) is 11.5 Å². The third-order valence-corrected chi connectivity index (χ3v) is 4.47. The van der Waals surface area contributed by atoms with Gasteiger partial charge in [0.25, 0.3) is 0 Å². The van der Waals surface area contributed by atoms with Crippen LogP contribution in [0.2, 0.25) is 0 Å². The van der Waals surface area contributed by atoms with Gasteiger partial charge in [-0.2, -0.15) is 4.52 Å². The molecule has 118 valence electrons. The fourth-order valence-corrected chi connectivity index (χ4v) is 3.57. The van der Waals surface area contributed by atoms with E-state index in [-0.39, 0.29) is 0 Å². The van der Waals surface area contributed by atoms with Gasteiger partial charge in [-0.1, -0.05) is 44.2 Å². The minimum atomic E-state index is 0.700. The fraction of sp³-hybridized carbons (Fsp3) is 0.389. The normalized spacial score (nSPS) is 21.7. The molecule has 0 spiro atoms. The van der Waals surface area contributed by atoms with Gasteiger partial charge in [-0.3, -0.25) is 0 Å². The molecule has 0 saturated carbocycles. The number of nitrogens with zero attached hydrogens (tertiary/aromatic N) is 5. The number of rotatable bonds is 2. The summed E-state index contributed by atoms with van der Waals surface area (Å²) in [5.41, 5.74) is 1.82. The Morgan fingerprint density at radius 1 is 0.913 bits per heavy atom. The molecule has 1 aliphatic heterocycles. The molecule has 1 aromatic carbocycles. The Bertz CT molecular complexity index is 801. The van der Waals surface area contributed by atoms with E-state index in [4.69, 9.17) is 5.10 Å². The average molecular weight is 307 g/mol. The molecule has 2 atom stereocenters. The zero-order valence-corrected chi connectivity index (χ0v) is 13.6. The maximum absolute atomic E-state index is 4.82. The minimum absolute atomic E-state index is 0.700. The van der Waals surface area contributed by atoms with Crippen LogP contribution in [0.25, 0.3) is 17.0 Å². The van der Waals surface area contributed by atoms with Gasteiger partial charge in [0.2, 0.25) is 0 Å². The maximum Gasteiger partial charge on any atom is 0.185 e. The summed E-state index contributed by atoms with van der Waals surface area (Å²) in [6.45, 7) is 6.75. The van der Waals surface area contributed by atoms with Crippen LogP contribution >= 0.6 is 0 Å². The zero-order chi connectivity index (χ0) is 15.8. The fourth-order valence-electron chi connectivity index (χ4n) is 3.57. The summed E-state index contributed by atoms with van der Waals surface area (Å²) in [7, 11) is 0. The summed E-state index contributed by atoms with van der Waals surface area (Å²) in [6.07, 6.45) is 1.29. The van der Waals surface area contributed by atoms with Crippen LogP contribution in [0.5, 0.6) is 0 Å². The lowest BCUT2D eigenvalue weighted by molar-refractivity contribution is 0.354. The van der Waals surface area contributed by atoms with E-state index >= 15 is 0 Å². The molecule has 0 bridgehead atoms. The van der Waals surface area contributed by atoms with E-state index in [1.54, 1.807) is 0 Å². The SMILES string of the molecule is C[C@@H]1C[C@H](C)CN(c2ccc3nnc(-c4ccccc4)n3n2)C1. The first-order valence-electron chi connectivity index (χ1n) is 8.23. The Kier molecular flexibility index (Phi) is 3.48. The van der Waals surface area contributed by atoms with Gasteiger partial charge in [0.05, 0.1) is 0 Å². The molecule has 0 unspecified atom stereocenters. The summed E-state index contributed by atoms with van der Waals surface area (Å²) in [6, 6.07) is 14.2. The van der Waals surface area contributed by atoms with E-state index < -0.39 is 0 Å². The van der Waals surface area contributed by atoms with Crippen molar-refractivity contribution in [1.29, 1.82) is 0 Å². The molecule has 0 aliphatic carbocycles. The van der Waals surface area contributed by atoms with Gasteiger partial charge < -0.3 is 4.90 Å². The van der Waals surface area contributed by atoms with E-state index in [0.29, 0.717) is 11.8 Å². The van der Waals surface area contributed by atoms with Crippen LogP contribution in [0.1, 0.15) is 20.3 Å². The molecule has 0 N–H and O–H groups in total. The van der Waals surface area contributed by atoms with Crippen LogP contribution in [-0.2, 0) is 0 Å². The smallest absolute Gasteiger partial charge is 0.185 e. The highest BCUT2D eigenvalue weighted by Crippen LogP contribution is 2.26. The molecule has 1 aliphatic rings. The Hall–Kier alpha value is -2.43. The highest BCUT2D eigenvalue weighted by atomic mass is 15.4. The lowest BCUT2D eigenvalue weighted by Gasteiger charge is -2.35. The first kappa shape index (κ1) is 14.2. The number of fused-ring (bicyclic) bond motifs is 1. The van der Waals surface area contributed by atoms with Crippen molar-refractivity contribution in [2.24, 2.45) is 11.8 Å². The second-order valence-corrected chi connectivity index (χ2v) is 6.70. The van der Waals surface area contributed by atoms with E-state index in [1.165, 1.54) is 6.42 Å². The summed E-state index contributed by atoms with van der Waals surface area (Å²) >= 11 is 0. The van der Waals surface area contributed by atoms with Crippen LogP contribution in [0.4, 0.5) is 5.82 Å². The summed E-state index contributed by atoms with van der Waals surface area (Å²) in [5.74, 6) is 3.20. The largest absolute Gasteiger partial charge is 0.355 e. The molecule has 5 nitrogen and oxygen atoms in total. The van der Waals surface area contributed by atoms with Gasteiger partial charge in [-0.05, 0) is 30.4 Å². The van der Waals surface area contributed by atoms with Gasteiger partial charge in [-0.25, -0.2) is 0 Å². The predicted octanol–water partition coefficient (Wildman–Crippen LogP) is 3.27. The molecule has 0 amide bonds. The molecule has 5 heteroatoms. The molecular weight excluding hydrogens is 286 g/mol. The van der Waals surface area contributed by atoms with E-state index in [1.807, 2.05) is 40.9 Å². The first-order chi connectivity index (χ1) is 11.2. The Labute approximate surface area is 136 Å². The lowest BCUT2D eigenvalue weighted by atomic mass is 9.92. The summed E-state index contributed by atoms with van der Waals surface area (Å²) < 4.78 is 1.86. The van der Waals surface area contributed by atoms with Gasteiger partial charge in [0.1, 0.15) is 5.82 Å². The van der Waals surface area contributed by atoms with Gasteiger partial charge in [0, 0.05) is 18.7 Å². The number of piperidine rings is 1. The van der Waals surface area contributed by atoms with Crippen molar-refractivity contribution in [1.82, 2.24) is 19.8 Å². The second-order valence-electron chi connectivity index (χ2n) is 6.70.